The van der Waals surface area contributed by atoms with E-state index in [1.165, 1.54) is 38.2 Å². The van der Waals surface area contributed by atoms with Crippen molar-refractivity contribution in [2.75, 3.05) is 6.61 Å². The number of rotatable bonds is 11. The Bertz CT molecular complexity index is 2080. The third kappa shape index (κ3) is 8.47. The van der Waals surface area contributed by atoms with Crippen LogP contribution in [0, 0.1) is 5.92 Å². The summed E-state index contributed by atoms with van der Waals surface area (Å²) < 4.78 is 23.9. The molecular formula is C49H59N3O3Si. The zero-order valence-corrected chi connectivity index (χ0v) is 35.5. The first-order valence-corrected chi connectivity index (χ1v) is 22.2. The quantitative estimate of drug-likeness (QED) is 0.112. The molecule has 3 aliphatic rings. The smallest absolute Gasteiger partial charge is 0.261 e. The fraction of sp³-hybridized carbons (Fsp3) is 0.388. The van der Waals surface area contributed by atoms with Crippen LogP contribution in [0.25, 0.3) is 11.3 Å². The number of fused-ring (bicyclic) bond motifs is 1. The molecule has 292 valence electrons. The van der Waals surface area contributed by atoms with Gasteiger partial charge in [0.1, 0.15) is 5.69 Å². The van der Waals surface area contributed by atoms with Crippen molar-refractivity contribution in [2.45, 2.75) is 110 Å². The number of ether oxygens (including phenoxy) is 2. The van der Waals surface area contributed by atoms with E-state index in [1.807, 2.05) is 22.9 Å². The standard InChI is InChI=1S/C49H59N3O3Si/c1-35(2)19-18-20-36(3)27-41-28-37(4)31-49(54-41)32-40(34-53-56(48(6,7)8,42-23-14-10-15-24-42)43-25-16-11-17-26-43)44-30-46(38(5)29-47(44)55-49)52-33-45(50-51-52)39-21-12-9-13-22-39/h9-17,19,21-27,29,31-33,41,44,46-47H,18,20,28,30,34H2,1-8H3/t41-,44-,46?,47-,49+/m1/s1. The average molecular weight is 766 g/mol. The number of hydrogen-bond acceptors (Lipinski definition) is 5. The van der Waals surface area contributed by atoms with E-state index < -0.39 is 14.1 Å². The van der Waals surface area contributed by atoms with Crippen LogP contribution in [-0.2, 0) is 13.9 Å². The third-order valence-electron chi connectivity index (χ3n) is 11.6. The zero-order chi connectivity index (χ0) is 39.5. The van der Waals surface area contributed by atoms with E-state index in [9.17, 15) is 0 Å². The second kappa shape index (κ2) is 16.6. The molecule has 7 heteroatoms. The first-order valence-electron chi connectivity index (χ1n) is 20.3. The van der Waals surface area contributed by atoms with E-state index in [-0.39, 0.29) is 29.2 Å². The molecule has 0 saturated carbocycles. The summed E-state index contributed by atoms with van der Waals surface area (Å²) in [5, 5.41) is 11.7. The number of hydrogen-bond donors (Lipinski definition) is 0. The minimum atomic E-state index is -2.84. The van der Waals surface area contributed by atoms with E-state index in [0.29, 0.717) is 6.61 Å². The first-order chi connectivity index (χ1) is 26.9. The highest BCUT2D eigenvalue weighted by Crippen LogP contribution is 2.47. The molecule has 1 aliphatic carbocycles. The Morgan fingerprint density at radius 1 is 0.893 bits per heavy atom. The molecule has 1 unspecified atom stereocenters. The Kier molecular flexibility index (Phi) is 11.8. The maximum atomic E-state index is 7.67. The highest BCUT2D eigenvalue weighted by atomic mass is 28.4. The van der Waals surface area contributed by atoms with Gasteiger partial charge in [-0.05, 0) is 93.4 Å². The van der Waals surface area contributed by atoms with Crippen LogP contribution < -0.4 is 10.4 Å². The Morgan fingerprint density at radius 2 is 1.54 bits per heavy atom. The second-order valence-electron chi connectivity index (χ2n) is 17.4. The van der Waals surface area contributed by atoms with Gasteiger partial charge in [-0.3, -0.25) is 0 Å². The van der Waals surface area contributed by atoms with Crippen molar-refractivity contribution < 1.29 is 13.9 Å². The molecule has 0 saturated heterocycles. The van der Waals surface area contributed by atoms with Crippen LogP contribution in [0.15, 0.2) is 155 Å². The normalized spacial score (nSPS) is 24.2. The lowest BCUT2D eigenvalue weighted by atomic mass is 9.77. The van der Waals surface area contributed by atoms with Gasteiger partial charge in [-0.2, -0.15) is 0 Å². The fourth-order valence-electron chi connectivity index (χ4n) is 8.98. The fourth-order valence-corrected chi connectivity index (χ4v) is 13.5. The van der Waals surface area contributed by atoms with Gasteiger partial charge >= 0.3 is 0 Å². The second-order valence-corrected chi connectivity index (χ2v) is 21.7. The maximum absolute atomic E-state index is 7.67. The van der Waals surface area contributed by atoms with Crippen LogP contribution in [0.4, 0.5) is 0 Å². The molecule has 0 amide bonds. The molecule has 0 fully saturated rings. The maximum Gasteiger partial charge on any atom is 0.261 e. The van der Waals surface area contributed by atoms with Crippen LogP contribution in [0.3, 0.4) is 0 Å². The van der Waals surface area contributed by atoms with E-state index >= 15 is 0 Å². The highest BCUT2D eigenvalue weighted by molar-refractivity contribution is 6.99. The van der Waals surface area contributed by atoms with Crippen molar-refractivity contribution in [1.82, 2.24) is 15.0 Å². The predicted octanol–water partition coefficient (Wildman–Crippen LogP) is 10.5. The molecule has 5 atom stereocenters. The van der Waals surface area contributed by atoms with Crippen molar-refractivity contribution in [3.63, 3.8) is 0 Å². The molecule has 7 rings (SSSR count). The van der Waals surface area contributed by atoms with Gasteiger partial charge in [0.05, 0.1) is 31.1 Å². The van der Waals surface area contributed by atoms with Crippen molar-refractivity contribution in [2.24, 2.45) is 5.92 Å². The van der Waals surface area contributed by atoms with Gasteiger partial charge in [0.25, 0.3) is 8.32 Å². The molecule has 0 radical (unpaired) electrons. The minimum absolute atomic E-state index is 0.0267. The van der Waals surface area contributed by atoms with Crippen molar-refractivity contribution in [3.05, 3.63) is 155 Å². The largest absolute Gasteiger partial charge is 0.403 e. The summed E-state index contributed by atoms with van der Waals surface area (Å²) in [5.74, 6) is -0.956. The monoisotopic (exact) mass is 765 g/mol. The van der Waals surface area contributed by atoms with Gasteiger partial charge in [-0.1, -0.05) is 158 Å². The Hall–Kier alpha value is -4.40. The number of allylic oxidation sites excluding steroid dienone is 4. The average Bonchev–Trinajstić information content (AvgIpc) is 3.65. The summed E-state index contributed by atoms with van der Waals surface area (Å²) in [6.45, 7) is 18.4. The topological polar surface area (TPSA) is 58.4 Å². The van der Waals surface area contributed by atoms with Crippen LogP contribution in [-0.4, -0.2) is 47.9 Å². The van der Waals surface area contributed by atoms with Gasteiger partial charge < -0.3 is 13.9 Å². The summed E-state index contributed by atoms with van der Waals surface area (Å²) in [7, 11) is -2.84. The summed E-state index contributed by atoms with van der Waals surface area (Å²) in [4.78, 5) is 0. The molecule has 0 N–H and O–H groups in total. The van der Waals surface area contributed by atoms with Gasteiger partial charge in [-0.15, -0.1) is 5.10 Å². The van der Waals surface area contributed by atoms with Gasteiger partial charge in [0, 0.05) is 11.5 Å². The summed E-state index contributed by atoms with van der Waals surface area (Å²) in [6, 6.07) is 32.1. The lowest BCUT2D eigenvalue weighted by Gasteiger charge is -2.48. The van der Waals surface area contributed by atoms with Crippen LogP contribution in [0.5, 0.6) is 0 Å². The zero-order valence-electron chi connectivity index (χ0n) is 34.5. The molecule has 3 heterocycles. The summed E-state index contributed by atoms with van der Waals surface area (Å²) >= 11 is 0. The van der Waals surface area contributed by atoms with Gasteiger partial charge in [0.15, 0.2) is 0 Å². The van der Waals surface area contributed by atoms with Crippen LogP contribution >= 0.6 is 0 Å². The SMILES string of the molecule is CC(C)=CCCC(C)=C[C@@H]1CC(C)=C[C@]2(C=C(CO[Si](c3ccccc3)(c3ccccc3)C(C)(C)C)[C@H]3CC(n4cc(-c5ccccc5)nn4)C(C)=C[C@H]3O2)O1. The van der Waals surface area contributed by atoms with Crippen molar-refractivity contribution in [1.29, 1.82) is 0 Å². The van der Waals surface area contributed by atoms with Crippen molar-refractivity contribution in [3.8, 4) is 11.3 Å². The Morgan fingerprint density at radius 3 is 2.16 bits per heavy atom. The lowest BCUT2D eigenvalue weighted by molar-refractivity contribution is -0.225. The lowest BCUT2D eigenvalue weighted by Crippen LogP contribution is -2.67. The molecule has 1 aromatic heterocycles. The van der Waals surface area contributed by atoms with Crippen molar-refractivity contribution >= 4 is 18.7 Å². The predicted molar refractivity (Wildman–Crippen MR) is 231 cm³/mol. The first kappa shape index (κ1) is 39.8. The van der Waals surface area contributed by atoms with Gasteiger partial charge in [-0.25, -0.2) is 4.68 Å². The molecule has 6 nitrogen and oxygen atoms in total. The molecule has 56 heavy (non-hydrogen) atoms. The number of nitrogens with zero attached hydrogens (tertiary/aromatic N) is 3. The summed E-state index contributed by atoms with van der Waals surface area (Å²) in [6.07, 6.45) is 16.9. The third-order valence-corrected chi connectivity index (χ3v) is 16.6. The molecule has 0 bridgehead atoms. The molecule has 1 spiro atoms. The molecule has 2 aliphatic heterocycles. The van der Waals surface area contributed by atoms with E-state index in [4.69, 9.17) is 13.9 Å². The number of benzene rings is 3. The van der Waals surface area contributed by atoms with Crippen LogP contribution in [0.2, 0.25) is 5.04 Å². The molecule has 3 aromatic carbocycles. The molecular weight excluding hydrogens is 707 g/mol. The van der Waals surface area contributed by atoms with E-state index in [2.05, 4.69) is 175 Å². The number of aromatic nitrogens is 3. The Balaban J connectivity index is 1.28. The van der Waals surface area contributed by atoms with E-state index in [0.717, 1.165) is 36.9 Å². The molecule has 4 aromatic rings. The van der Waals surface area contributed by atoms with E-state index in [1.54, 1.807) is 0 Å². The Labute approximate surface area is 335 Å². The van der Waals surface area contributed by atoms with Gasteiger partial charge in [0.2, 0.25) is 5.79 Å². The highest BCUT2D eigenvalue weighted by Gasteiger charge is 2.52. The van der Waals surface area contributed by atoms with Crippen LogP contribution in [0.1, 0.15) is 87.1 Å². The summed E-state index contributed by atoms with van der Waals surface area (Å²) in [5.41, 5.74) is 8.31. The minimum Gasteiger partial charge on any atom is -0.403 e.